The van der Waals surface area contributed by atoms with Crippen molar-refractivity contribution in [1.29, 1.82) is 0 Å². The zero-order chi connectivity index (χ0) is 25.5. The third-order valence-corrected chi connectivity index (χ3v) is 7.64. The van der Waals surface area contributed by atoms with Gasteiger partial charge in [0, 0.05) is 67.5 Å². The van der Waals surface area contributed by atoms with E-state index in [1.54, 1.807) is 6.92 Å². The number of benzene rings is 2. The molecule has 0 unspecified atom stereocenters. The van der Waals surface area contributed by atoms with Crippen LogP contribution in [0.4, 0.5) is 11.4 Å². The number of carbonyl (C=O) groups excluding carboxylic acids is 1. The van der Waals surface area contributed by atoms with Gasteiger partial charge in [-0.1, -0.05) is 12.1 Å². The van der Waals surface area contributed by atoms with Gasteiger partial charge in [0.15, 0.2) is 11.6 Å². The lowest BCUT2D eigenvalue weighted by molar-refractivity contribution is 0.101. The van der Waals surface area contributed by atoms with Crippen LogP contribution < -0.4 is 9.80 Å². The number of imidazole rings is 1. The van der Waals surface area contributed by atoms with Gasteiger partial charge in [-0.2, -0.15) is 0 Å². The minimum absolute atomic E-state index is 0.0423. The maximum atomic E-state index is 12.8. The van der Waals surface area contributed by atoms with E-state index in [0.29, 0.717) is 5.56 Å². The molecule has 2 aliphatic rings. The second-order valence-electron chi connectivity index (χ2n) is 10.2. The predicted molar refractivity (Wildman–Crippen MR) is 149 cm³/mol. The number of likely N-dealkylation sites (N-methyl/N-ethyl adjacent to an activating group) is 1. The number of aromatic nitrogens is 3. The molecule has 8 nitrogen and oxygen atoms in total. The van der Waals surface area contributed by atoms with Crippen LogP contribution in [0.2, 0.25) is 0 Å². The number of morpholine rings is 1. The number of hydrogen-bond donors (Lipinski definition) is 2. The molecule has 2 aliphatic heterocycles. The van der Waals surface area contributed by atoms with Crippen LogP contribution in [-0.2, 0) is 4.74 Å². The van der Waals surface area contributed by atoms with Crippen LogP contribution in [-0.4, -0.2) is 85.2 Å². The molecule has 2 saturated heterocycles. The predicted octanol–water partition coefficient (Wildman–Crippen LogP) is 4.32. The Balaban J connectivity index is 1.38. The van der Waals surface area contributed by atoms with Crippen LogP contribution in [0.1, 0.15) is 23.0 Å². The number of hydrogen-bond acceptors (Lipinski definition) is 6. The van der Waals surface area contributed by atoms with Crippen LogP contribution in [0.5, 0.6) is 0 Å². The van der Waals surface area contributed by atoms with Crippen LogP contribution in [0.15, 0.2) is 42.5 Å². The number of aryl methyl sites for hydroxylation is 1. The summed E-state index contributed by atoms with van der Waals surface area (Å²) in [6.45, 7) is 11.0. The molecule has 2 fully saturated rings. The Morgan fingerprint density at radius 1 is 0.892 bits per heavy atom. The summed E-state index contributed by atoms with van der Waals surface area (Å²) in [4.78, 5) is 31.8. The quantitative estimate of drug-likeness (QED) is 0.399. The van der Waals surface area contributed by atoms with Crippen molar-refractivity contribution in [3.05, 3.63) is 53.7 Å². The van der Waals surface area contributed by atoms with E-state index in [-0.39, 0.29) is 5.78 Å². The Morgan fingerprint density at radius 2 is 1.57 bits per heavy atom. The summed E-state index contributed by atoms with van der Waals surface area (Å²) in [6, 6.07) is 14.9. The van der Waals surface area contributed by atoms with Crippen molar-refractivity contribution in [2.24, 2.45) is 0 Å². The number of piperazine rings is 1. The lowest BCUT2D eigenvalue weighted by Gasteiger charge is -2.34. The highest BCUT2D eigenvalue weighted by molar-refractivity contribution is 6.06. The topological polar surface area (TPSA) is 80.5 Å². The number of anilines is 2. The third kappa shape index (κ3) is 4.51. The Kier molecular flexibility index (Phi) is 6.22. The summed E-state index contributed by atoms with van der Waals surface area (Å²) >= 11 is 0. The van der Waals surface area contributed by atoms with Gasteiger partial charge in [0.1, 0.15) is 0 Å². The number of rotatable bonds is 5. The van der Waals surface area contributed by atoms with Crippen molar-refractivity contribution in [2.45, 2.75) is 13.8 Å². The molecule has 192 valence electrons. The molecule has 4 heterocycles. The van der Waals surface area contributed by atoms with Crippen LogP contribution in [0.3, 0.4) is 0 Å². The first-order chi connectivity index (χ1) is 18.0. The highest BCUT2D eigenvalue weighted by Crippen LogP contribution is 2.37. The fourth-order valence-corrected chi connectivity index (χ4v) is 5.57. The van der Waals surface area contributed by atoms with Gasteiger partial charge < -0.3 is 29.4 Å². The van der Waals surface area contributed by atoms with E-state index in [0.717, 1.165) is 91.9 Å². The second-order valence-corrected chi connectivity index (χ2v) is 10.2. The molecule has 0 spiro atoms. The number of carbonyl (C=O) groups is 1. The van der Waals surface area contributed by atoms with Crippen molar-refractivity contribution in [2.75, 3.05) is 69.3 Å². The number of aromatic amines is 2. The minimum Gasteiger partial charge on any atom is -0.378 e. The molecule has 4 aromatic rings. The molecule has 0 amide bonds. The molecule has 0 radical (unpaired) electrons. The number of ketones is 1. The van der Waals surface area contributed by atoms with E-state index < -0.39 is 0 Å². The first-order valence-corrected chi connectivity index (χ1v) is 13.1. The highest BCUT2D eigenvalue weighted by Gasteiger charge is 2.24. The number of nitrogens with zero attached hydrogens (tertiary/aromatic N) is 4. The maximum absolute atomic E-state index is 12.8. The molecule has 2 aromatic carbocycles. The lowest BCUT2D eigenvalue weighted by atomic mass is 9.97. The molecule has 2 N–H and O–H groups in total. The first kappa shape index (κ1) is 23.8. The summed E-state index contributed by atoms with van der Waals surface area (Å²) in [7, 11) is 2.17. The van der Waals surface area contributed by atoms with Gasteiger partial charge in [0.05, 0.1) is 29.9 Å². The number of H-pyrrole nitrogens is 2. The fourth-order valence-electron chi connectivity index (χ4n) is 5.57. The normalized spacial score (nSPS) is 17.1. The SMILES string of the molecule is CC(=O)c1c(C)[nH]c(-c2nc3ccc(N4CCN(C)CC4)cc3[nH]2)c1-c1ccc(N2CCOCC2)cc1. The average Bonchev–Trinajstić information content (AvgIpc) is 3.50. The average molecular weight is 499 g/mol. The van der Waals surface area contributed by atoms with Crippen LogP contribution in [0.25, 0.3) is 33.7 Å². The molecule has 6 rings (SSSR count). The van der Waals surface area contributed by atoms with Crippen LogP contribution >= 0.6 is 0 Å². The summed E-state index contributed by atoms with van der Waals surface area (Å²) in [5, 5.41) is 0. The lowest BCUT2D eigenvalue weighted by Crippen LogP contribution is -2.44. The maximum Gasteiger partial charge on any atom is 0.162 e. The van der Waals surface area contributed by atoms with Gasteiger partial charge in [-0.15, -0.1) is 0 Å². The van der Waals surface area contributed by atoms with E-state index in [9.17, 15) is 4.79 Å². The monoisotopic (exact) mass is 498 g/mol. The molecule has 0 aliphatic carbocycles. The van der Waals surface area contributed by atoms with Gasteiger partial charge in [0.2, 0.25) is 0 Å². The van der Waals surface area contributed by atoms with Gasteiger partial charge in [-0.3, -0.25) is 4.79 Å². The summed E-state index contributed by atoms with van der Waals surface area (Å²) in [6.07, 6.45) is 0. The second kappa shape index (κ2) is 9.68. The third-order valence-electron chi connectivity index (χ3n) is 7.64. The smallest absolute Gasteiger partial charge is 0.162 e. The van der Waals surface area contributed by atoms with Gasteiger partial charge in [-0.05, 0) is 56.8 Å². The van der Waals surface area contributed by atoms with E-state index in [1.807, 2.05) is 6.92 Å². The number of nitrogens with one attached hydrogen (secondary N) is 2. The molecule has 0 atom stereocenters. The van der Waals surface area contributed by atoms with Gasteiger partial charge in [0.25, 0.3) is 0 Å². The zero-order valence-corrected chi connectivity index (χ0v) is 21.8. The molecule has 0 saturated carbocycles. The van der Waals surface area contributed by atoms with Crippen molar-refractivity contribution in [3.8, 4) is 22.6 Å². The number of Topliss-reactive ketones (excluding diaryl/α,β-unsaturated/α-hetero) is 1. The van der Waals surface area contributed by atoms with E-state index >= 15 is 0 Å². The zero-order valence-electron chi connectivity index (χ0n) is 21.8. The fraction of sp³-hybridized carbons (Fsp3) is 0.379. The Hall–Kier alpha value is -3.62. The molecular weight excluding hydrogens is 464 g/mol. The van der Waals surface area contributed by atoms with Crippen molar-refractivity contribution in [3.63, 3.8) is 0 Å². The Labute approximate surface area is 217 Å². The molecular formula is C29H34N6O2. The standard InChI is InChI=1S/C29H34N6O2/c1-19-26(20(2)36)27(21-4-6-22(7-5-21)35-14-16-37-17-15-35)28(30-19)29-31-24-9-8-23(18-25(24)32-29)34-12-10-33(3)11-13-34/h4-9,18,30H,10-17H2,1-3H3,(H,31,32). The molecule has 37 heavy (non-hydrogen) atoms. The summed E-state index contributed by atoms with van der Waals surface area (Å²) in [5.74, 6) is 0.786. The van der Waals surface area contributed by atoms with E-state index in [2.05, 4.69) is 74.2 Å². The van der Waals surface area contributed by atoms with Crippen molar-refractivity contribution < 1.29 is 9.53 Å². The van der Waals surface area contributed by atoms with Crippen molar-refractivity contribution >= 4 is 28.2 Å². The summed E-state index contributed by atoms with van der Waals surface area (Å²) in [5.41, 5.74) is 8.61. The Morgan fingerprint density at radius 3 is 2.27 bits per heavy atom. The first-order valence-electron chi connectivity index (χ1n) is 13.1. The minimum atomic E-state index is 0.0423. The van der Waals surface area contributed by atoms with E-state index in [1.165, 1.54) is 11.4 Å². The summed E-state index contributed by atoms with van der Waals surface area (Å²) < 4.78 is 5.50. The number of fused-ring (bicyclic) bond motifs is 1. The largest absolute Gasteiger partial charge is 0.378 e. The molecule has 2 aromatic heterocycles. The highest BCUT2D eigenvalue weighted by atomic mass is 16.5. The van der Waals surface area contributed by atoms with Crippen molar-refractivity contribution in [1.82, 2.24) is 19.9 Å². The van der Waals surface area contributed by atoms with E-state index in [4.69, 9.17) is 9.72 Å². The molecule has 8 heteroatoms. The Bertz CT molecular complexity index is 1420. The van der Waals surface area contributed by atoms with Gasteiger partial charge >= 0.3 is 0 Å². The van der Waals surface area contributed by atoms with Gasteiger partial charge in [-0.25, -0.2) is 4.98 Å². The molecule has 0 bridgehead atoms. The van der Waals surface area contributed by atoms with Crippen LogP contribution in [0, 0.1) is 6.92 Å². The number of ether oxygens (including phenoxy) is 1.